The number of ketones is 1. The van der Waals surface area contributed by atoms with Crippen LogP contribution in [0.1, 0.15) is 48.5 Å². The number of carbonyl (C=O) groups is 2. The van der Waals surface area contributed by atoms with Crippen molar-refractivity contribution in [3.05, 3.63) is 106 Å². The van der Waals surface area contributed by atoms with Crippen LogP contribution in [0, 0.1) is 12.7 Å². The number of aromatic nitrogens is 1. The standard InChI is InChI=1S/C27H24FN3O3/c1-15-9-10-23(29-14-15)31-27(33)24-16(2)30-20-12-17(22-8-5-11-34-22)13-21(32)26(20)25(24)18-6-3-4-7-19(18)28/h3-11,14,17,25,30H,12-13H2,1-2H3,(H,29,31,33)/t17-,25-/m0/s1. The summed E-state index contributed by atoms with van der Waals surface area (Å²) < 4.78 is 20.6. The molecule has 2 N–H and O–H groups in total. The van der Waals surface area contributed by atoms with Gasteiger partial charge in [0.25, 0.3) is 5.91 Å². The third-order valence-electron chi connectivity index (χ3n) is 6.39. The number of nitrogens with zero attached hydrogens (tertiary/aromatic N) is 1. The molecule has 2 aromatic heterocycles. The Balaban J connectivity index is 1.57. The molecule has 2 atom stereocenters. The van der Waals surface area contributed by atoms with Gasteiger partial charge >= 0.3 is 0 Å². The predicted octanol–water partition coefficient (Wildman–Crippen LogP) is 5.12. The molecule has 1 aromatic carbocycles. The largest absolute Gasteiger partial charge is 0.469 e. The van der Waals surface area contributed by atoms with E-state index in [0.717, 1.165) is 11.3 Å². The first-order chi connectivity index (χ1) is 16.4. The van der Waals surface area contributed by atoms with Gasteiger partial charge in [-0.25, -0.2) is 9.37 Å². The minimum Gasteiger partial charge on any atom is -0.469 e. The van der Waals surface area contributed by atoms with Crippen molar-refractivity contribution in [3.8, 4) is 0 Å². The number of rotatable bonds is 4. The highest BCUT2D eigenvalue weighted by Crippen LogP contribution is 2.46. The third-order valence-corrected chi connectivity index (χ3v) is 6.39. The van der Waals surface area contributed by atoms with Crippen LogP contribution in [0.3, 0.4) is 0 Å². The summed E-state index contributed by atoms with van der Waals surface area (Å²) in [5.74, 6) is -0.843. The number of hydrogen-bond acceptors (Lipinski definition) is 5. The van der Waals surface area contributed by atoms with E-state index in [1.165, 1.54) is 6.07 Å². The number of pyridine rings is 1. The molecule has 172 valence electrons. The molecule has 1 aliphatic heterocycles. The van der Waals surface area contributed by atoms with Gasteiger partial charge in [-0.15, -0.1) is 0 Å². The molecule has 34 heavy (non-hydrogen) atoms. The number of Topliss-reactive ketones (excluding diaryl/α,β-unsaturated/α-hetero) is 1. The topological polar surface area (TPSA) is 84.2 Å². The molecule has 7 heteroatoms. The van der Waals surface area contributed by atoms with Gasteiger partial charge in [0.1, 0.15) is 17.4 Å². The SMILES string of the molecule is CC1=C(C(=O)Nc2ccc(C)cn2)[C@H](c2ccccc2F)C2=C(C[C@H](c3ccco3)CC2=O)N1. The van der Waals surface area contributed by atoms with E-state index in [0.29, 0.717) is 40.3 Å². The number of allylic oxidation sites excluding steroid dienone is 3. The molecule has 0 spiro atoms. The number of benzene rings is 1. The lowest BCUT2D eigenvalue weighted by Gasteiger charge is -2.36. The van der Waals surface area contributed by atoms with Crippen LogP contribution in [-0.2, 0) is 9.59 Å². The molecular formula is C27H24FN3O3. The minimum atomic E-state index is -0.826. The van der Waals surface area contributed by atoms with Crippen molar-refractivity contribution in [1.82, 2.24) is 10.3 Å². The van der Waals surface area contributed by atoms with Crippen molar-refractivity contribution >= 4 is 17.5 Å². The van der Waals surface area contributed by atoms with Crippen LogP contribution >= 0.6 is 0 Å². The maximum Gasteiger partial charge on any atom is 0.255 e. The molecule has 0 fully saturated rings. The van der Waals surface area contributed by atoms with E-state index in [2.05, 4.69) is 15.6 Å². The van der Waals surface area contributed by atoms with Gasteiger partial charge in [-0.3, -0.25) is 9.59 Å². The number of anilines is 1. The van der Waals surface area contributed by atoms with Crippen molar-refractivity contribution in [1.29, 1.82) is 0 Å². The molecule has 2 aliphatic rings. The minimum absolute atomic E-state index is 0.116. The Morgan fingerprint density at radius 2 is 1.94 bits per heavy atom. The zero-order valence-electron chi connectivity index (χ0n) is 18.9. The molecule has 0 saturated heterocycles. The molecular weight excluding hydrogens is 433 g/mol. The van der Waals surface area contributed by atoms with E-state index in [4.69, 9.17) is 4.42 Å². The Kier molecular flexibility index (Phi) is 5.61. The molecule has 6 nitrogen and oxygen atoms in total. The molecule has 3 aromatic rings. The fraction of sp³-hybridized carbons (Fsp3) is 0.222. The first kappa shape index (κ1) is 21.8. The van der Waals surface area contributed by atoms with E-state index in [9.17, 15) is 9.59 Å². The van der Waals surface area contributed by atoms with E-state index < -0.39 is 17.6 Å². The van der Waals surface area contributed by atoms with Crippen LogP contribution in [-0.4, -0.2) is 16.7 Å². The molecule has 1 amide bonds. The first-order valence-corrected chi connectivity index (χ1v) is 11.2. The lowest BCUT2D eigenvalue weighted by atomic mass is 9.72. The number of carbonyl (C=O) groups excluding carboxylic acids is 2. The second-order valence-electron chi connectivity index (χ2n) is 8.73. The Bertz CT molecular complexity index is 1320. The summed E-state index contributed by atoms with van der Waals surface area (Å²) in [4.78, 5) is 31.2. The highest BCUT2D eigenvalue weighted by Gasteiger charge is 2.42. The van der Waals surface area contributed by atoms with Crippen LogP contribution in [0.15, 0.2) is 87.9 Å². The first-order valence-electron chi connectivity index (χ1n) is 11.2. The van der Waals surface area contributed by atoms with Gasteiger partial charge in [-0.2, -0.15) is 0 Å². The van der Waals surface area contributed by atoms with Crippen molar-refractivity contribution < 1.29 is 18.4 Å². The monoisotopic (exact) mass is 457 g/mol. The fourth-order valence-corrected chi connectivity index (χ4v) is 4.81. The van der Waals surface area contributed by atoms with Gasteiger partial charge in [0.2, 0.25) is 0 Å². The normalized spacial score (nSPS) is 20.1. The second-order valence-corrected chi connectivity index (χ2v) is 8.73. The van der Waals surface area contributed by atoms with Gasteiger partial charge in [-0.1, -0.05) is 24.3 Å². The van der Waals surface area contributed by atoms with Gasteiger partial charge in [0.05, 0.1) is 6.26 Å². The average Bonchev–Trinajstić information content (AvgIpc) is 3.35. The fourth-order valence-electron chi connectivity index (χ4n) is 4.81. The van der Waals surface area contributed by atoms with Crippen LogP contribution in [0.2, 0.25) is 0 Å². The summed E-state index contributed by atoms with van der Waals surface area (Å²) >= 11 is 0. The average molecular weight is 458 g/mol. The second kappa shape index (κ2) is 8.74. The Morgan fingerprint density at radius 1 is 1.12 bits per heavy atom. The van der Waals surface area contributed by atoms with Crippen molar-refractivity contribution in [2.75, 3.05) is 5.32 Å². The van der Waals surface area contributed by atoms with Gasteiger partial charge < -0.3 is 15.1 Å². The number of nitrogens with one attached hydrogen (secondary N) is 2. The summed E-state index contributed by atoms with van der Waals surface area (Å²) in [5.41, 5.74) is 3.27. The smallest absolute Gasteiger partial charge is 0.255 e. The molecule has 0 unspecified atom stereocenters. The maximum atomic E-state index is 15.1. The summed E-state index contributed by atoms with van der Waals surface area (Å²) in [6, 6.07) is 13.5. The molecule has 0 radical (unpaired) electrons. The number of furan rings is 1. The van der Waals surface area contributed by atoms with E-state index >= 15 is 4.39 Å². The van der Waals surface area contributed by atoms with Crippen LogP contribution < -0.4 is 10.6 Å². The van der Waals surface area contributed by atoms with E-state index in [1.54, 1.807) is 49.7 Å². The number of aryl methyl sites for hydroxylation is 1. The Labute approximate surface area is 196 Å². The lowest BCUT2D eigenvalue weighted by Crippen LogP contribution is -2.37. The van der Waals surface area contributed by atoms with Crippen LogP contribution in [0.5, 0.6) is 0 Å². The van der Waals surface area contributed by atoms with Crippen LogP contribution in [0.25, 0.3) is 0 Å². The van der Waals surface area contributed by atoms with Gasteiger partial charge in [-0.05, 0) is 50.1 Å². The number of amides is 1. The van der Waals surface area contributed by atoms with Gasteiger partial charge in [0, 0.05) is 52.6 Å². The van der Waals surface area contributed by atoms with Crippen LogP contribution in [0.4, 0.5) is 10.2 Å². The molecule has 1 aliphatic carbocycles. The zero-order valence-corrected chi connectivity index (χ0v) is 18.9. The van der Waals surface area contributed by atoms with Gasteiger partial charge in [0.15, 0.2) is 5.78 Å². The molecule has 0 saturated carbocycles. The highest BCUT2D eigenvalue weighted by atomic mass is 19.1. The molecule has 3 heterocycles. The third kappa shape index (κ3) is 3.94. The molecule has 0 bridgehead atoms. The number of halogens is 1. The Morgan fingerprint density at radius 3 is 2.65 bits per heavy atom. The summed E-state index contributed by atoms with van der Waals surface area (Å²) in [6.07, 6.45) is 4.01. The van der Waals surface area contributed by atoms with E-state index in [-0.39, 0.29) is 18.1 Å². The lowest BCUT2D eigenvalue weighted by molar-refractivity contribution is -0.116. The van der Waals surface area contributed by atoms with E-state index in [1.807, 2.05) is 19.1 Å². The van der Waals surface area contributed by atoms with Crippen molar-refractivity contribution in [3.63, 3.8) is 0 Å². The maximum absolute atomic E-state index is 15.1. The van der Waals surface area contributed by atoms with Crippen molar-refractivity contribution in [2.24, 2.45) is 0 Å². The predicted molar refractivity (Wildman–Crippen MR) is 125 cm³/mol. The Hall–Kier alpha value is -4.00. The summed E-state index contributed by atoms with van der Waals surface area (Å²) in [7, 11) is 0. The molecule has 5 rings (SSSR count). The zero-order chi connectivity index (χ0) is 23.8. The summed E-state index contributed by atoms with van der Waals surface area (Å²) in [5, 5.41) is 6.09. The highest BCUT2D eigenvalue weighted by molar-refractivity contribution is 6.09. The summed E-state index contributed by atoms with van der Waals surface area (Å²) in [6.45, 7) is 3.68. The quantitative estimate of drug-likeness (QED) is 0.568. The number of dihydropyridines is 1. The number of hydrogen-bond donors (Lipinski definition) is 2. The van der Waals surface area contributed by atoms with Crippen molar-refractivity contribution in [2.45, 2.75) is 38.5 Å².